The summed E-state index contributed by atoms with van der Waals surface area (Å²) >= 11 is 0. The van der Waals surface area contributed by atoms with Gasteiger partial charge in [0, 0.05) is 12.4 Å². The lowest BCUT2D eigenvalue weighted by Gasteiger charge is -2.18. The zero-order valence-electron chi connectivity index (χ0n) is 14.1. The molecule has 0 aromatic heterocycles. The molecule has 124 valence electrons. The van der Waals surface area contributed by atoms with E-state index in [2.05, 4.69) is 18.1 Å². The van der Waals surface area contributed by atoms with E-state index in [1.165, 1.54) is 0 Å². The molecular weight excluding hydrogens is 309 g/mol. The summed E-state index contributed by atoms with van der Waals surface area (Å²) in [6, 6.07) is 13.2. The first kappa shape index (κ1) is 17.4. The smallest absolute Gasteiger partial charge is 0.338 e. The molecule has 23 heavy (non-hydrogen) atoms. The van der Waals surface area contributed by atoms with Crippen molar-refractivity contribution in [3.05, 3.63) is 53.6 Å². The normalized spacial score (nSPS) is 13.2. The molecule has 0 bridgehead atoms. The van der Waals surface area contributed by atoms with Gasteiger partial charge in [-0.05, 0) is 67.8 Å². The van der Waals surface area contributed by atoms with Gasteiger partial charge < -0.3 is 14.3 Å². The summed E-state index contributed by atoms with van der Waals surface area (Å²) in [6.07, 6.45) is 0.966. The Labute approximate surface area is 138 Å². The molecule has 0 unspecified atom stereocenters. The first-order valence-electron chi connectivity index (χ1n) is 7.74. The van der Waals surface area contributed by atoms with Crippen LogP contribution in [0, 0.1) is 13.8 Å². The number of ether oxygens (including phenoxy) is 1. The number of hydrogen-bond donors (Lipinski definition) is 1. The number of nitrogens with one attached hydrogen (secondary N) is 1. The number of aryl methyl sites for hydroxylation is 2. The molecule has 2 aromatic carbocycles. The van der Waals surface area contributed by atoms with Gasteiger partial charge in [-0.15, -0.1) is 0 Å². The molecule has 0 aliphatic rings. The van der Waals surface area contributed by atoms with Crippen LogP contribution in [0.1, 0.15) is 24.5 Å². The Kier molecular flexibility index (Phi) is 5.73. The Morgan fingerprint density at radius 1 is 1.00 bits per heavy atom. The van der Waals surface area contributed by atoms with Crippen LogP contribution < -0.4 is 14.3 Å². The van der Waals surface area contributed by atoms with E-state index in [1.807, 2.05) is 50.2 Å². The van der Waals surface area contributed by atoms with Crippen LogP contribution in [0.2, 0.25) is 0 Å². The first-order valence-corrected chi connectivity index (χ1v) is 9.82. The van der Waals surface area contributed by atoms with Crippen molar-refractivity contribution < 1.29 is 13.8 Å². The molecule has 2 rings (SSSR count). The van der Waals surface area contributed by atoms with Crippen molar-refractivity contribution in [2.75, 3.05) is 18.4 Å². The highest BCUT2D eigenvalue weighted by molar-refractivity contribution is 7.60. The average molecular weight is 333 g/mol. The molecule has 1 atom stereocenters. The highest BCUT2D eigenvalue weighted by Gasteiger charge is 2.17. The Balaban J connectivity index is 2.04. The van der Waals surface area contributed by atoms with E-state index in [9.17, 15) is 4.57 Å². The topological polar surface area (TPSA) is 47.6 Å². The SMILES string of the molecule is CCCOc1ccc(N[P@@](C)(=O)Oc2cc(C)cc(C)c2)cc1. The Morgan fingerprint density at radius 2 is 1.61 bits per heavy atom. The van der Waals surface area contributed by atoms with Crippen LogP contribution in [0.3, 0.4) is 0 Å². The molecule has 0 amide bonds. The van der Waals surface area contributed by atoms with E-state index < -0.39 is 7.52 Å². The molecular formula is C18H24NO3P. The van der Waals surface area contributed by atoms with Gasteiger partial charge in [0.1, 0.15) is 11.5 Å². The van der Waals surface area contributed by atoms with Crippen molar-refractivity contribution in [3.63, 3.8) is 0 Å². The van der Waals surface area contributed by atoms with Crippen LogP contribution in [-0.2, 0) is 4.57 Å². The molecule has 4 nitrogen and oxygen atoms in total. The largest absolute Gasteiger partial charge is 0.494 e. The maximum atomic E-state index is 12.7. The highest BCUT2D eigenvalue weighted by Crippen LogP contribution is 2.43. The van der Waals surface area contributed by atoms with Gasteiger partial charge in [-0.3, -0.25) is 4.57 Å². The molecule has 1 N–H and O–H groups in total. The van der Waals surface area contributed by atoms with E-state index in [0.717, 1.165) is 29.0 Å². The molecule has 0 radical (unpaired) electrons. The van der Waals surface area contributed by atoms with Gasteiger partial charge in [0.25, 0.3) is 0 Å². The Morgan fingerprint density at radius 3 is 2.17 bits per heavy atom. The quantitative estimate of drug-likeness (QED) is 0.689. The van der Waals surface area contributed by atoms with Crippen molar-refractivity contribution in [2.24, 2.45) is 0 Å². The summed E-state index contributed by atoms with van der Waals surface area (Å²) in [7, 11) is -3.00. The van der Waals surface area contributed by atoms with Crippen LogP contribution in [0.15, 0.2) is 42.5 Å². The third kappa shape index (κ3) is 5.65. The van der Waals surface area contributed by atoms with Gasteiger partial charge in [0.15, 0.2) is 0 Å². The summed E-state index contributed by atoms with van der Waals surface area (Å²) in [5, 5.41) is 2.97. The van der Waals surface area contributed by atoms with Crippen molar-refractivity contribution in [1.29, 1.82) is 0 Å². The van der Waals surface area contributed by atoms with Gasteiger partial charge in [0.2, 0.25) is 0 Å². The van der Waals surface area contributed by atoms with Crippen molar-refractivity contribution in [3.8, 4) is 11.5 Å². The minimum atomic E-state index is -3.00. The lowest BCUT2D eigenvalue weighted by molar-refractivity contribution is 0.317. The average Bonchev–Trinajstić information content (AvgIpc) is 2.44. The van der Waals surface area contributed by atoms with Gasteiger partial charge in [-0.2, -0.15) is 0 Å². The molecule has 0 aliphatic heterocycles. The molecule has 0 saturated carbocycles. The van der Waals surface area contributed by atoms with E-state index in [0.29, 0.717) is 12.4 Å². The van der Waals surface area contributed by atoms with Crippen LogP contribution in [-0.4, -0.2) is 13.3 Å². The predicted octanol–water partition coefficient (Wildman–Crippen LogP) is 5.41. The number of benzene rings is 2. The number of rotatable bonds is 7. The highest BCUT2D eigenvalue weighted by atomic mass is 31.2. The lowest BCUT2D eigenvalue weighted by Crippen LogP contribution is -2.03. The summed E-state index contributed by atoms with van der Waals surface area (Å²) in [5.74, 6) is 1.42. The van der Waals surface area contributed by atoms with Crippen molar-refractivity contribution in [1.82, 2.24) is 0 Å². The van der Waals surface area contributed by atoms with Gasteiger partial charge in [-0.25, -0.2) is 0 Å². The minimum absolute atomic E-state index is 0.615. The summed E-state index contributed by atoms with van der Waals surface area (Å²) in [6.45, 7) is 8.31. The fourth-order valence-electron chi connectivity index (χ4n) is 2.29. The minimum Gasteiger partial charge on any atom is -0.494 e. The number of hydrogen-bond acceptors (Lipinski definition) is 3. The van der Waals surface area contributed by atoms with E-state index in [-0.39, 0.29) is 0 Å². The van der Waals surface area contributed by atoms with Crippen LogP contribution in [0.5, 0.6) is 11.5 Å². The lowest BCUT2D eigenvalue weighted by atomic mass is 10.1. The second-order valence-electron chi connectivity index (χ2n) is 5.75. The summed E-state index contributed by atoms with van der Waals surface area (Å²) in [4.78, 5) is 0. The molecule has 0 fully saturated rings. The Hall–Kier alpha value is -1.93. The summed E-state index contributed by atoms with van der Waals surface area (Å²) in [5.41, 5.74) is 2.90. The second-order valence-corrected chi connectivity index (χ2v) is 7.84. The van der Waals surface area contributed by atoms with Gasteiger partial charge in [-0.1, -0.05) is 13.0 Å². The molecule has 0 spiro atoms. The Bertz CT molecular complexity index is 678. The third-order valence-corrected chi connectivity index (χ3v) is 4.36. The van der Waals surface area contributed by atoms with Gasteiger partial charge in [0.05, 0.1) is 6.61 Å². The fourth-order valence-corrected chi connectivity index (χ4v) is 3.46. The molecule has 0 aliphatic carbocycles. The molecule has 5 heteroatoms. The molecule has 0 heterocycles. The van der Waals surface area contributed by atoms with E-state index >= 15 is 0 Å². The zero-order chi connectivity index (χ0) is 16.9. The predicted molar refractivity (Wildman–Crippen MR) is 95.9 cm³/mol. The monoisotopic (exact) mass is 333 g/mol. The van der Waals surface area contributed by atoms with Crippen LogP contribution in [0.4, 0.5) is 5.69 Å². The zero-order valence-corrected chi connectivity index (χ0v) is 15.0. The maximum absolute atomic E-state index is 12.7. The second kappa shape index (κ2) is 7.56. The van der Waals surface area contributed by atoms with Gasteiger partial charge >= 0.3 is 7.52 Å². The fraction of sp³-hybridized carbons (Fsp3) is 0.333. The molecule has 0 saturated heterocycles. The number of anilines is 1. The molecule has 2 aromatic rings. The summed E-state index contributed by atoms with van der Waals surface area (Å²) < 4.78 is 23.9. The van der Waals surface area contributed by atoms with Crippen LogP contribution >= 0.6 is 7.52 Å². The third-order valence-electron chi connectivity index (χ3n) is 3.13. The maximum Gasteiger partial charge on any atom is 0.338 e. The van der Waals surface area contributed by atoms with E-state index in [1.54, 1.807) is 6.66 Å². The van der Waals surface area contributed by atoms with E-state index in [4.69, 9.17) is 9.26 Å². The van der Waals surface area contributed by atoms with Crippen molar-refractivity contribution >= 4 is 13.2 Å². The van der Waals surface area contributed by atoms with Crippen LogP contribution in [0.25, 0.3) is 0 Å². The van der Waals surface area contributed by atoms with Crippen molar-refractivity contribution in [2.45, 2.75) is 27.2 Å². The standard InChI is InChI=1S/C18H24NO3P/c1-5-10-21-17-8-6-16(7-9-17)19-23(4,20)22-18-12-14(2)11-15(3)13-18/h6-9,11-13H,5,10H2,1-4H3,(H,19,20)/t23-/m0/s1. The first-order chi connectivity index (χ1) is 10.9.